The van der Waals surface area contributed by atoms with Crippen LogP contribution in [0.2, 0.25) is 0 Å². The normalized spacial score (nSPS) is 22.6. The fourth-order valence-electron chi connectivity index (χ4n) is 4.62. The Labute approximate surface area is 174 Å². The van der Waals surface area contributed by atoms with Gasteiger partial charge in [-0.25, -0.2) is 4.68 Å². The lowest BCUT2D eigenvalue weighted by molar-refractivity contribution is -0.125. The van der Waals surface area contributed by atoms with Crippen molar-refractivity contribution in [2.75, 3.05) is 11.1 Å². The van der Waals surface area contributed by atoms with Crippen molar-refractivity contribution in [3.8, 4) is 0 Å². The molecule has 3 aromatic rings. The summed E-state index contributed by atoms with van der Waals surface area (Å²) in [4.78, 5) is 18.1. The average molecular weight is 405 g/mol. The lowest BCUT2D eigenvalue weighted by Gasteiger charge is -2.40. The predicted molar refractivity (Wildman–Crippen MR) is 117 cm³/mol. The van der Waals surface area contributed by atoms with E-state index in [4.69, 9.17) is 10.1 Å². The molecule has 0 unspecified atom stereocenters. The second kappa shape index (κ2) is 6.73. The highest BCUT2D eigenvalue weighted by Gasteiger charge is 2.45. The monoisotopic (exact) mass is 404 g/mol. The van der Waals surface area contributed by atoms with Gasteiger partial charge in [-0.15, -0.1) is 5.10 Å². The molecule has 0 spiro atoms. The summed E-state index contributed by atoms with van der Waals surface area (Å²) >= 11 is 1.62. The SMILES string of the molecule is CCSc1nc2n(n1)[C@@H](c1cccc3ccccc13)[C@@H]1C(=O)CC(C)(C)C=C1N2. The second-order valence-electron chi connectivity index (χ2n) is 8.44. The van der Waals surface area contributed by atoms with Crippen molar-refractivity contribution in [2.45, 2.75) is 38.4 Å². The predicted octanol–water partition coefficient (Wildman–Crippen LogP) is 5.06. The van der Waals surface area contributed by atoms with Crippen LogP contribution >= 0.6 is 11.8 Å². The summed E-state index contributed by atoms with van der Waals surface area (Å²) in [5.74, 6) is 1.60. The first-order valence-corrected chi connectivity index (χ1v) is 11.0. The molecule has 0 saturated carbocycles. The number of anilines is 1. The molecule has 1 aromatic heterocycles. The molecular weight excluding hydrogens is 380 g/mol. The van der Waals surface area contributed by atoms with Crippen molar-refractivity contribution in [2.24, 2.45) is 11.3 Å². The molecule has 29 heavy (non-hydrogen) atoms. The Bertz CT molecular complexity index is 1140. The van der Waals surface area contributed by atoms with E-state index in [2.05, 4.69) is 68.6 Å². The molecule has 5 rings (SSSR count). The number of nitrogens with one attached hydrogen (secondary N) is 1. The Morgan fingerprint density at radius 1 is 1.21 bits per heavy atom. The van der Waals surface area contributed by atoms with Crippen LogP contribution in [0, 0.1) is 11.3 Å². The van der Waals surface area contributed by atoms with Crippen molar-refractivity contribution in [1.29, 1.82) is 0 Å². The number of nitrogens with zero attached hydrogens (tertiary/aromatic N) is 3. The summed E-state index contributed by atoms with van der Waals surface area (Å²) in [5, 5.41) is 11.3. The largest absolute Gasteiger partial charge is 0.328 e. The average Bonchev–Trinajstić information content (AvgIpc) is 3.07. The Balaban J connectivity index is 1.76. The maximum Gasteiger partial charge on any atom is 0.227 e. The van der Waals surface area contributed by atoms with Crippen molar-refractivity contribution >= 4 is 34.3 Å². The van der Waals surface area contributed by atoms with Crippen LogP contribution in [-0.2, 0) is 4.79 Å². The third-order valence-electron chi connectivity index (χ3n) is 5.72. The van der Waals surface area contributed by atoms with Gasteiger partial charge in [-0.2, -0.15) is 4.98 Å². The van der Waals surface area contributed by atoms with Crippen LogP contribution in [0.4, 0.5) is 5.95 Å². The quantitative estimate of drug-likeness (QED) is 0.619. The molecule has 1 aliphatic carbocycles. The summed E-state index contributed by atoms with van der Waals surface area (Å²) < 4.78 is 1.93. The first-order valence-electron chi connectivity index (χ1n) is 10.1. The maximum atomic E-state index is 13.4. The van der Waals surface area contributed by atoms with Gasteiger partial charge in [-0.05, 0) is 27.5 Å². The van der Waals surface area contributed by atoms with E-state index in [-0.39, 0.29) is 23.2 Å². The van der Waals surface area contributed by atoms with E-state index in [0.717, 1.165) is 27.6 Å². The molecule has 0 amide bonds. The standard InChI is InChI=1S/C23H24N4OS/c1-4-29-22-25-21-24-17-12-23(2,3)13-18(28)19(17)20(27(21)26-22)16-11-7-9-14-8-5-6-10-15(14)16/h5-12,19-20H,4,13H2,1-3H3,(H,24,25,26)/t19-,20-/m0/s1. The number of Topliss-reactive ketones (excluding diaryl/α,β-unsaturated/α-hetero) is 1. The molecule has 0 fully saturated rings. The van der Waals surface area contributed by atoms with Crippen LogP contribution in [0.15, 0.2) is 59.4 Å². The van der Waals surface area contributed by atoms with E-state index in [0.29, 0.717) is 12.4 Å². The zero-order valence-electron chi connectivity index (χ0n) is 16.8. The maximum absolute atomic E-state index is 13.4. The van der Waals surface area contributed by atoms with Gasteiger partial charge in [0.05, 0.1) is 12.0 Å². The number of aromatic nitrogens is 3. The van der Waals surface area contributed by atoms with E-state index < -0.39 is 0 Å². The zero-order chi connectivity index (χ0) is 20.2. The smallest absolute Gasteiger partial charge is 0.227 e. The van der Waals surface area contributed by atoms with Gasteiger partial charge >= 0.3 is 0 Å². The van der Waals surface area contributed by atoms with Crippen LogP contribution in [-0.4, -0.2) is 26.3 Å². The number of carbonyl (C=O) groups excluding carboxylic acids is 1. The number of allylic oxidation sites excluding steroid dienone is 2. The van der Waals surface area contributed by atoms with Crippen LogP contribution in [0.25, 0.3) is 10.8 Å². The lowest BCUT2D eigenvalue weighted by Crippen LogP contribution is -2.42. The molecule has 2 atom stereocenters. The van der Waals surface area contributed by atoms with Crippen LogP contribution in [0.3, 0.4) is 0 Å². The molecule has 2 aliphatic rings. The number of fused-ring (bicyclic) bond motifs is 3. The number of rotatable bonds is 3. The van der Waals surface area contributed by atoms with Crippen LogP contribution in [0.1, 0.15) is 38.8 Å². The third-order valence-corrected chi connectivity index (χ3v) is 6.44. The first-order chi connectivity index (χ1) is 14.0. The van der Waals surface area contributed by atoms with E-state index in [1.165, 1.54) is 5.39 Å². The summed E-state index contributed by atoms with van der Waals surface area (Å²) in [6.45, 7) is 6.31. The van der Waals surface area contributed by atoms with Gasteiger partial charge in [0.2, 0.25) is 11.1 Å². The fraction of sp³-hybridized carbons (Fsp3) is 0.348. The van der Waals surface area contributed by atoms with E-state index in [1.807, 2.05) is 10.7 Å². The van der Waals surface area contributed by atoms with Crippen molar-refractivity contribution in [3.05, 3.63) is 59.8 Å². The highest BCUT2D eigenvalue weighted by atomic mass is 32.2. The lowest BCUT2D eigenvalue weighted by atomic mass is 9.71. The van der Waals surface area contributed by atoms with Gasteiger partial charge in [0.1, 0.15) is 5.78 Å². The topological polar surface area (TPSA) is 59.8 Å². The summed E-state index contributed by atoms with van der Waals surface area (Å²) in [5.41, 5.74) is 1.91. The minimum atomic E-state index is -0.275. The Morgan fingerprint density at radius 3 is 2.83 bits per heavy atom. The van der Waals surface area contributed by atoms with E-state index in [1.54, 1.807) is 11.8 Å². The molecule has 148 valence electrons. The number of benzene rings is 2. The molecule has 5 nitrogen and oxygen atoms in total. The van der Waals surface area contributed by atoms with Gasteiger partial charge in [-0.1, -0.05) is 81.1 Å². The minimum Gasteiger partial charge on any atom is -0.328 e. The highest BCUT2D eigenvalue weighted by molar-refractivity contribution is 7.99. The summed E-state index contributed by atoms with van der Waals surface area (Å²) in [6, 6.07) is 14.4. The van der Waals surface area contributed by atoms with Crippen LogP contribution < -0.4 is 5.32 Å². The van der Waals surface area contributed by atoms with Gasteiger partial charge in [0.15, 0.2) is 0 Å². The van der Waals surface area contributed by atoms with Gasteiger partial charge < -0.3 is 5.32 Å². The molecule has 0 radical (unpaired) electrons. The Hall–Kier alpha value is -2.60. The molecular formula is C23H24N4OS. The molecule has 0 saturated heterocycles. The van der Waals surface area contributed by atoms with E-state index in [9.17, 15) is 4.79 Å². The second-order valence-corrected chi connectivity index (χ2v) is 9.67. The number of ketones is 1. The van der Waals surface area contributed by atoms with E-state index >= 15 is 0 Å². The van der Waals surface area contributed by atoms with Crippen LogP contribution in [0.5, 0.6) is 0 Å². The first kappa shape index (κ1) is 18.4. The molecule has 2 heterocycles. The number of carbonyl (C=O) groups is 1. The minimum absolute atomic E-state index is 0.164. The fourth-order valence-corrected chi connectivity index (χ4v) is 5.17. The number of hydrogen-bond acceptors (Lipinski definition) is 5. The molecule has 0 bridgehead atoms. The summed E-state index contributed by atoms with van der Waals surface area (Å²) in [7, 11) is 0. The van der Waals surface area contributed by atoms with Gasteiger partial charge in [0.25, 0.3) is 0 Å². The zero-order valence-corrected chi connectivity index (χ0v) is 17.7. The Morgan fingerprint density at radius 2 is 2.00 bits per heavy atom. The Kier molecular flexibility index (Phi) is 4.28. The molecule has 2 aromatic carbocycles. The van der Waals surface area contributed by atoms with Gasteiger partial charge in [0, 0.05) is 12.1 Å². The number of thioether (sulfide) groups is 1. The molecule has 6 heteroatoms. The van der Waals surface area contributed by atoms with Crippen molar-refractivity contribution < 1.29 is 4.79 Å². The molecule has 1 N–H and O–H groups in total. The molecule has 1 aliphatic heterocycles. The number of hydrogen-bond donors (Lipinski definition) is 1. The van der Waals surface area contributed by atoms with Crippen molar-refractivity contribution in [3.63, 3.8) is 0 Å². The van der Waals surface area contributed by atoms with Gasteiger partial charge in [-0.3, -0.25) is 4.79 Å². The highest BCUT2D eigenvalue weighted by Crippen LogP contribution is 2.46. The third kappa shape index (κ3) is 3.06. The summed E-state index contributed by atoms with van der Waals surface area (Å²) in [6.07, 6.45) is 2.74. The van der Waals surface area contributed by atoms with Crippen molar-refractivity contribution in [1.82, 2.24) is 14.8 Å².